The Morgan fingerprint density at radius 3 is 3.33 bits per heavy atom. The molecular weight excluding hydrogens is 206 g/mol. The van der Waals surface area contributed by atoms with Crippen molar-refractivity contribution in [2.24, 2.45) is 0 Å². The summed E-state index contributed by atoms with van der Waals surface area (Å²) < 4.78 is 3.27. The summed E-state index contributed by atoms with van der Waals surface area (Å²) in [5, 5.41) is 1.11. The van der Waals surface area contributed by atoms with Gasteiger partial charge in [0.1, 0.15) is 6.33 Å². The van der Waals surface area contributed by atoms with E-state index < -0.39 is 0 Å². The lowest BCUT2D eigenvalue weighted by atomic mass is 10.1. The number of nitrogens with one attached hydrogen (secondary N) is 1. The van der Waals surface area contributed by atoms with Crippen LogP contribution in [0.4, 0.5) is 0 Å². The largest absolute Gasteiger partial charge is 0.256 e. The first kappa shape index (κ1) is 8.88. The van der Waals surface area contributed by atoms with E-state index >= 15 is 0 Å². The number of benzene rings is 1. The molecule has 74 valence electrons. The van der Waals surface area contributed by atoms with Crippen molar-refractivity contribution in [3.63, 3.8) is 0 Å². The zero-order valence-electron chi connectivity index (χ0n) is 7.97. The molecule has 1 N–H and O–H groups in total. The molecule has 0 saturated heterocycles. The summed E-state index contributed by atoms with van der Waals surface area (Å²) in [5.74, 6) is 0. The van der Waals surface area contributed by atoms with E-state index in [1.54, 1.807) is 18.3 Å². The van der Waals surface area contributed by atoms with Gasteiger partial charge in [0.2, 0.25) is 0 Å². The monoisotopic (exact) mass is 215 g/mol. The standard InChI is InChI=1S/C11H9N3S/c1-2-8-3-4-10-9(6-12-7-13-10)11(8)15-14-5-1/h1-4,6-7,14H,5H2. The summed E-state index contributed by atoms with van der Waals surface area (Å²) >= 11 is 1.65. The summed E-state index contributed by atoms with van der Waals surface area (Å²) in [5.41, 5.74) is 2.22. The second kappa shape index (κ2) is 3.64. The molecule has 15 heavy (non-hydrogen) atoms. The van der Waals surface area contributed by atoms with Crippen molar-refractivity contribution in [2.45, 2.75) is 4.90 Å². The maximum absolute atomic E-state index is 4.24. The van der Waals surface area contributed by atoms with Crippen LogP contribution in [0.3, 0.4) is 0 Å². The van der Waals surface area contributed by atoms with E-state index in [0.29, 0.717) is 0 Å². The molecule has 1 aromatic carbocycles. The van der Waals surface area contributed by atoms with Gasteiger partial charge in [-0.3, -0.25) is 4.72 Å². The third-order valence-corrected chi connectivity index (χ3v) is 3.31. The lowest BCUT2D eigenvalue weighted by molar-refractivity contribution is 1.14. The third-order valence-electron chi connectivity index (χ3n) is 2.34. The Balaban J connectivity index is 2.33. The van der Waals surface area contributed by atoms with Crippen molar-refractivity contribution in [1.82, 2.24) is 14.7 Å². The second-order valence-corrected chi connectivity index (χ2v) is 4.19. The molecule has 0 amide bonds. The highest BCUT2D eigenvalue weighted by molar-refractivity contribution is 7.97. The summed E-state index contributed by atoms with van der Waals surface area (Å²) in [6, 6.07) is 4.13. The van der Waals surface area contributed by atoms with Crippen LogP contribution in [0.5, 0.6) is 0 Å². The minimum Gasteiger partial charge on any atom is -0.256 e. The molecule has 2 heterocycles. The van der Waals surface area contributed by atoms with E-state index in [-0.39, 0.29) is 0 Å². The maximum Gasteiger partial charge on any atom is 0.116 e. The Labute approximate surface area is 91.8 Å². The highest BCUT2D eigenvalue weighted by Gasteiger charge is 2.08. The molecule has 4 heteroatoms. The quantitative estimate of drug-likeness (QED) is 0.684. The predicted octanol–water partition coefficient (Wildman–Crippen LogP) is 2.25. The number of fused-ring (bicyclic) bond motifs is 3. The van der Waals surface area contributed by atoms with E-state index in [1.165, 1.54) is 10.5 Å². The van der Waals surface area contributed by atoms with Gasteiger partial charge >= 0.3 is 0 Å². The minimum atomic E-state index is 0.883. The van der Waals surface area contributed by atoms with Crippen molar-refractivity contribution in [1.29, 1.82) is 0 Å². The molecule has 0 saturated carbocycles. The van der Waals surface area contributed by atoms with Gasteiger partial charge in [0.05, 0.1) is 5.52 Å². The van der Waals surface area contributed by atoms with Crippen LogP contribution in [0.15, 0.2) is 35.6 Å². The minimum absolute atomic E-state index is 0.883. The second-order valence-electron chi connectivity index (χ2n) is 3.29. The van der Waals surface area contributed by atoms with Crippen LogP contribution < -0.4 is 4.72 Å². The van der Waals surface area contributed by atoms with Crippen LogP contribution in [-0.4, -0.2) is 16.5 Å². The fourth-order valence-corrected chi connectivity index (χ4v) is 2.48. The molecule has 3 nitrogen and oxygen atoms in total. The molecule has 1 aromatic heterocycles. The fraction of sp³-hybridized carbons (Fsp3) is 0.0909. The van der Waals surface area contributed by atoms with Gasteiger partial charge < -0.3 is 0 Å². The Bertz CT molecular complexity index is 536. The normalized spacial score (nSPS) is 14.9. The number of hydrogen-bond acceptors (Lipinski definition) is 4. The van der Waals surface area contributed by atoms with Crippen molar-refractivity contribution in [2.75, 3.05) is 6.54 Å². The van der Waals surface area contributed by atoms with Gasteiger partial charge in [0, 0.05) is 23.0 Å². The number of aromatic nitrogens is 2. The SMILES string of the molecule is C1=Cc2ccc3ncncc3c2SNC1. The molecule has 1 aliphatic rings. The number of hydrogen-bond donors (Lipinski definition) is 1. The molecule has 0 spiro atoms. The van der Waals surface area contributed by atoms with Crippen molar-refractivity contribution >= 4 is 28.9 Å². The molecule has 1 aliphatic heterocycles. The molecular formula is C11H9N3S. The van der Waals surface area contributed by atoms with Gasteiger partial charge in [-0.05, 0) is 23.6 Å². The van der Waals surface area contributed by atoms with Gasteiger partial charge in [-0.25, -0.2) is 9.97 Å². The van der Waals surface area contributed by atoms with Gasteiger partial charge in [-0.1, -0.05) is 18.2 Å². The van der Waals surface area contributed by atoms with Gasteiger partial charge in [0.15, 0.2) is 0 Å². The summed E-state index contributed by atoms with van der Waals surface area (Å²) in [6.45, 7) is 0.883. The van der Waals surface area contributed by atoms with E-state index in [1.807, 2.05) is 12.3 Å². The maximum atomic E-state index is 4.24. The van der Waals surface area contributed by atoms with Crippen LogP contribution in [0.1, 0.15) is 5.56 Å². The van der Waals surface area contributed by atoms with E-state index in [9.17, 15) is 0 Å². The van der Waals surface area contributed by atoms with E-state index in [4.69, 9.17) is 0 Å². The van der Waals surface area contributed by atoms with Crippen LogP contribution >= 0.6 is 11.9 Å². The first-order valence-electron chi connectivity index (χ1n) is 4.74. The molecule has 0 unspecified atom stereocenters. The summed E-state index contributed by atoms with van der Waals surface area (Å²) in [7, 11) is 0. The van der Waals surface area contributed by atoms with E-state index in [0.717, 1.165) is 17.4 Å². The lowest BCUT2D eigenvalue weighted by Crippen LogP contribution is -2.00. The molecule has 0 radical (unpaired) electrons. The molecule has 0 atom stereocenters. The molecule has 0 fully saturated rings. The van der Waals surface area contributed by atoms with Crippen LogP contribution in [0.2, 0.25) is 0 Å². The van der Waals surface area contributed by atoms with Crippen molar-refractivity contribution < 1.29 is 0 Å². The van der Waals surface area contributed by atoms with E-state index in [2.05, 4.69) is 32.9 Å². The Morgan fingerprint density at radius 2 is 2.33 bits per heavy atom. The van der Waals surface area contributed by atoms with Crippen LogP contribution in [0, 0.1) is 0 Å². The predicted molar refractivity (Wildman–Crippen MR) is 62.4 cm³/mol. The molecule has 0 bridgehead atoms. The smallest absolute Gasteiger partial charge is 0.116 e. The fourth-order valence-electron chi connectivity index (χ4n) is 1.64. The average Bonchev–Trinajstić information content (AvgIpc) is 2.54. The first-order valence-corrected chi connectivity index (χ1v) is 5.56. The Morgan fingerprint density at radius 1 is 1.33 bits per heavy atom. The summed E-state index contributed by atoms with van der Waals surface area (Å²) in [6.07, 6.45) is 7.71. The third kappa shape index (κ3) is 1.52. The van der Waals surface area contributed by atoms with Gasteiger partial charge in [0.25, 0.3) is 0 Å². The zero-order valence-corrected chi connectivity index (χ0v) is 8.79. The Hall–Kier alpha value is -1.39. The lowest BCUT2D eigenvalue weighted by Gasteiger charge is -2.06. The Kier molecular flexibility index (Phi) is 2.16. The summed E-state index contributed by atoms with van der Waals surface area (Å²) in [4.78, 5) is 9.53. The number of rotatable bonds is 0. The zero-order chi connectivity index (χ0) is 10.1. The average molecular weight is 215 g/mol. The highest BCUT2D eigenvalue weighted by Crippen LogP contribution is 2.30. The molecule has 2 aromatic rings. The topological polar surface area (TPSA) is 37.8 Å². The van der Waals surface area contributed by atoms with Crippen LogP contribution in [-0.2, 0) is 0 Å². The molecule has 3 rings (SSSR count). The highest BCUT2D eigenvalue weighted by atomic mass is 32.2. The number of nitrogens with zero attached hydrogens (tertiary/aromatic N) is 2. The van der Waals surface area contributed by atoms with Gasteiger partial charge in [-0.15, -0.1) is 0 Å². The molecule has 0 aliphatic carbocycles. The van der Waals surface area contributed by atoms with Crippen molar-refractivity contribution in [3.8, 4) is 0 Å². The first-order chi connectivity index (χ1) is 7.45. The van der Waals surface area contributed by atoms with Crippen LogP contribution in [0.25, 0.3) is 17.0 Å². The van der Waals surface area contributed by atoms with Gasteiger partial charge in [-0.2, -0.15) is 0 Å². The van der Waals surface area contributed by atoms with Crippen molar-refractivity contribution in [3.05, 3.63) is 36.3 Å².